The van der Waals surface area contributed by atoms with E-state index < -0.39 is 5.54 Å². The molecule has 0 atom stereocenters. The van der Waals surface area contributed by atoms with E-state index in [9.17, 15) is 10.1 Å². The maximum Gasteiger partial charge on any atom is 0.233 e. The van der Waals surface area contributed by atoms with E-state index in [0.717, 1.165) is 54.9 Å². The quantitative estimate of drug-likeness (QED) is 0.767. The molecule has 3 rings (SSSR count). The molecule has 1 fully saturated rings. The second-order valence-corrected chi connectivity index (χ2v) is 7.65. The summed E-state index contributed by atoms with van der Waals surface area (Å²) in [5.74, 6) is 1.82. The standard InChI is InChI=1S/C19H24N2O3S/c1-21(19(14-20)8-3-2-4-9-19)18(22)13-25-15-6-7-16-17(12-15)24-11-5-10-23-16/h6-7,12H,2-5,8-11,13H2,1H3. The predicted octanol–water partition coefficient (Wildman–Crippen LogP) is 3.62. The van der Waals surface area contributed by atoms with Gasteiger partial charge in [-0.25, -0.2) is 0 Å². The molecular formula is C19H24N2O3S. The topological polar surface area (TPSA) is 62.6 Å². The van der Waals surface area contributed by atoms with Crippen LogP contribution in [0.4, 0.5) is 0 Å². The third-order valence-corrected chi connectivity index (χ3v) is 5.96. The van der Waals surface area contributed by atoms with Gasteiger partial charge in [0.2, 0.25) is 5.91 Å². The summed E-state index contributed by atoms with van der Waals surface area (Å²) in [5.41, 5.74) is -0.624. The molecule has 0 saturated heterocycles. The number of hydrogen-bond donors (Lipinski definition) is 0. The number of rotatable bonds is 4. The lowest BCUT2D eigenvalue weighted by Crippen LogP contribution is -2.50. The van der Waals surface area contributed by atoms with Crippen LogP contribution in [0.1, 0.15) is 38.5 Å². The van der Waals surface area contributed by atoms with E-state index in [1.54, 1.807) is 11.9 Å². The average molecular weight is 360 g/mol. The van der Waals surface area contributed by atoms with Crippen LogP contribution in [0.25, 0.3) is 0 Å². The van der Waals surface area contributed by atoms with Gasteiger partial charge in [-0.2, -0.15) is 5.26 Å². The Morgan fingerprint density at radius 3 is 2.64 bits per heavy atom. The fraction of sp³-hybridized carbons (Fsp3) is 0.579. The Hall–Kier alpha value is -1.87. The molecule has 0 spiro atoms. The van der Waals surface area contributed by atoms with Crippen LogP contribution in [0.3, 0.4) is 0 Å². The van der Waals surface area contributed by atoms with Gasteiger partial charge in [-0.3, -0.25) is 4.79 Å². The Bertz CT molecular complexity index is 665. The van der Waals surface area contributed by atoms with Gasteiger partial charge in [-0.1, -0.05) is 19.3 Å². The van der Waals surface area contributed by atoms with E-state index in [2.05, 4.69) is 6.07 Å². The van der Waals surface area contributed by atoms with E-state index in [0.29, 0.717) is 19.0 Å². The summed E-state index contributed by atoms with van der Waals surface area (Å²) >= 11 is 1.47. The molecule has 5 nitrogen and oxygen atoms in total. The summed E-state index contributed by atoms with van der Waals surface area (Å²) in [5, 5.41) is 9.62. The van der Waals surface area contributed by atoms with E-state index in [4.69, 9.17) is 9.47 Å². The highest BCUT2D eigenvalue weighted by atomic mass is 32.2. The molecule has 0 N–H and O–H groups in total. The molecule has 1 aromatic rings. The molecule has 1 aliphatic heterocycles. The van der Waals surface area contributed by atoms with Gasteiger partial charge < -0.3 is 14.4 Å². The van der Waals surface area contributed by atoms with Crippen molar-refractivity contribution in [3.63, 3.8) is 0 Å². The number of ether oxygens (including phenoxy) is 2. The number of fused-ring (bicyclic) bond motifs is 1. The van der Waals surface area contributed by atoms with Crippen LogP contribution in [0.2, 0.25) is 0 Å². The van der Waals surface area contributed by atoms with Crippen molar-refractivity contribution in [1.29, 1.82) is 5.26 Å². The minimum absolute atomic E-state index is 0.000520. The summed E-state index contributed by atoms with van der Waals surface area (Å²) in [7, 11) is 1.77. The molecule has 25 heavy (non-hydrogen) atoms. The molecule has 1 saturated carbocycles. The number of thioether (sulfide) groups is 1. The second-order valence-electron chi connectivity index (χ2n) is 6.60. The summed E-state index contributed by atoms with van der Waals surface area (Å²) < 4.78 is 11.3. The lowest BCUT2D eigenvalue weighted by molar-refractivity contribution is -0.131. The smallest absolute Gasteiger partial charge is 0.233 e. The van der Waals surface area contributed by atoms with Crippen molar-refractivity contribution < 1.29 is 14.3 Å². The molecule has 0 bridgehead atoms. The maximum absolute atomic E-state index is 12.6. The number of carbonyl (C=O) groups is 1. The van der Waals surface area contributed by atoms with Gasteiger partial charge in [0.1, 0.15) is 5.54 Å². The predicted molar refractivity (Wildman–Crippen MR) is 97.0 cm³/mol. The van der Waals surface area contributed by atoms with Crippen molar-refractivity contribution in [2.75, 3.05) is 26.0 Å². The largest absolute Gasteiger partial charge is 0.490 e. The molecular weight excluding hydrogens is 336 g/mol. The van der Waals surface area contributed by atoms with Gasteiger partial charge in [0.25, 0.3) is 0 Å². The summed E-state index contributed by atoms with van der Waals surface area (Å²) in [6.45, 7) is 1.31. The minimum atomic E-state index is -0.624. The monoisotopic (exact) mass is 360 g/mol. The van der Waals surface area contributed by atoms with E-state index >= 15 is 0 Å². The first-order valence-corrected chi connectivity index (χ1v) is 9.83. The normalized spacial score (nSPS) is 18.7. The van der Waals surface area contributed by atoms with Gasteiger partial charge in [-0.15, -0.1) is 11.8 Å². The Balaban J connectivity index is 1.62. The van der Waals surface area contributed by atoms with E-state index in [-0.39, 0.29) is 5.91 Å². The second kappa shape index (κ2) is 8.01. The molecule has 134 valence electrons. The van der Waals surface area contributed by atoms with Crippen molar-refractivity contribution in [2.45, 2.75) is 49.0 Å². The Kier molecular flexibility index (Phi) is 5.74. The first kappa shape index (κ1) is 17.9. The first-order chi connectivity index (χ1) is 12.1. The van der Waals surface area contributed by atoms with Crippen LogP contribution >= 0.6 is 11.8 Å². The lowest BCUT2D eigenvalue weighted by Gasteiger charge is -2.39. The number of nitriles is 1. The zero-order chi connectivity index (χ0) is 17.7. The maximum atomic E-state index is 12.6. The fourth-order valence-corrected chi connectivity index (χ4v) is 4.21. The molecule has 1 aromatic carbocycles. The van der Waals surface area contributed by atoms with Crippen molar-refractivity contribution in [1.82, 2.24) is 4.90 Å². The van der Waals surface area contributed by atoms with E-state index in [1.807, 2.05) is 18.2 Å². The van der Waals surface area contributed by atoms with Crippen molar-refractivity contribution in [3.8, 4) is 17.6 Å². The van der Waals surface area contributed by atoms with Crippen LogP contribution in [0.15, 0.2) is 23.1 Å². The van der Waals surface area contributed by atoms with Gasteiger partial charge >= 0.3 is 0 Å². The molecule has 0 aromatic heterocycles. The van der Waals surface area contributed by atoms with Gasteiger partial charge in [0.05, 0.1) is 25.0 Å². The Morgan fingerprint density at radius 2 is 1.92 bits per heavy atom. The number of benzene rings is 1. The summed E-state index contributed by atoms with van der Waals surface area (Å²) in [6, 6.07) is 8.18. The minimum Gasteiger partial charge on any atom is -0.490 e. The highest BCUT2D eigenvalue weighted by molar-refractivity contribution is 8.00. The Labute approximate surface area is 153 Å². The number of hydrogen-bond acceptors (Lipinski definition) is 5. The summed E-state index contributed by atoms with van der Waals surface area (Å²) in [4.78, 5) is 15.3. The van der Waals surface area contributed by atoms with Gasteiger partial charge in [0.15, 0.2) is 11.5 Å². The molecule has 6 heteroatoms. The van der Waals surface area contributed by atoms with Crippen LogP contribution in [0, 0.1) is 11.3 Å². The van der Waals surface area contributed by atoms with Gasteiger partial charge in [-0.05, 0) is 31.0 Å². The number of amides is 1. The molecule has 1 amide bonds. The van der Waals surface area contributed by atoms with Crippen LogP contribution in [-0.4, -0.2) is 42.4 Å². The average Bonchev–Trinajstić information content (AvgIpc) is 2.91. The zero-order valence-electron chi connectivity index (χ0n) is 14.6. The highest BCUT2D eigenvalue weighted by Crippen LogP contribution is 2.35. The van der Waals surface area contributed by atoms with Crippen molar-refractivity contribution in [3.05, 3.63) is 18.2 Å². The van der Waals surface area contributed by atoms with Crippen molar-refractivity contribution >= 4 is 17.7 Å². The SMILES string of the molecule is CN(C(=O)CSc1ccc2c(c1)OCCCO2)C1(C#N)CCCCC1. The first-order valence-electron chi connectivity index (χ1n) is 8.85. The molecule has 0 unspecified atom stereocenters. The van der Waals surface area contributed by atoms with Crippen LogP contribution in [0.5, 0.6) is 11.5 Å². The number of carbonyl (C=O) groups excluding carboxylic acids is 1. The number of nitrogens with zero attached hydrogens (tertiary/aromatic N) is 2. The molecule has 1 aliphatic carbocycles. The van der Waals surface area contributed by atoms with E-state index in [1.165, 1.54) is 11.8 Å². The molecule has 2 aliphatic rings. The lowest BCUT2D eigenvalue weighted by atomic mass is 9.81. The van der Waals surface area contributed by atoms with Crippen molar-refractivity contribution in [2.24, 2.45) is 0 Å². The molecule has 1 heterocycles. The van der Waals surface area contributed by atoms with Gasteiger partial charge in [0, 0.05) is 18.4 Å². The highest BCUT2D eigenvalue weighted by Gasteiger charge is 2.38. The van der Waals surface area contributed by atoms with Crippen LogP contribution < -0.4 is 9.47 Å². The zero-order valence-corrected chi connectivity index (χ0v) is 15.4. The third kappa shape index (κ3) is 4.04. The summed E-state index contributed by atoms with van der Waals surface area (Å²) in [6.07, 6.45) is 5.61. The van der Waals surface area contributed by atoms with Crippen LogP contribution in [-0.2, 0) is 4.79 Å². The molecule has 0 radical (unpaired) electrons. The Morgan fingerprint density at radius 1 is 1.20 bits per heavy atom. The third-order valence-electron chi connectivity index (χ3n) is 4.99. The fourth-order valence-electron chi connectivity index (χ4n) is 3.37.